The van der Waals surface area contributed by atoms with E-state index >= 15 is 0 Å². The highest BCUT2D eigenvalue weighted by atomic mass is 16.3. The van der Waals surface area contributed by atoms with Gasteiger partial charge in [-0.2, -0.15) is 0 Å². The topological polar surface area (TPSA) is 20.2 Å². The molecule has 1 N–H and O–H groups in total. The van der Waals surface area contributed by atoms with Gasteiger partial charge in [-0.3, -0.25) is 0 Å². The first-order chi connectivity index (χ1) is 6.20. The van der Waals surface area contributed by atoms with E-state index < -0.39 is 0 Å². The molecule has 0 spiro atoms. The van der Waals surface area contributed by atoms with Crippen LogP contribution in [0.15, 0.2) is 0 Å². The third-order valence-corrected chi connectivity index (χ3v) is 2.76. The number of unbranched alkanes of at least 4 members (excludes halogenated alkanes) is 1. The lowest BCUT2D eigenvalue weighted by atomic mass is 9.94. The van der Waals surface area contributed by atoms with E-state index in [1.807, 2.05) is 0 Å². The predicted molar refractivity (Wildman–Crippen MR) is 58.8 cm³/mol. The van der Waals surface area contributed by atoms with Gasteiger partial charge in [-0.15, -0.1) is 0 Å². The molecule has 0 aromatic rings. The van der Waals surface area contributed by atoms with Crippen LogP contribution in [0.2, 0.25) is 0 Å². The lowest BCUT2D eigenvalue weighted by molar-refractivity contribution is 0.246. The van der Waals surface area contributed by atoms with Crippen molar-refractivity contribution in [3.8, 4) is 0 Å². The van der Waals surface area contributed by atoms with Gasteiger partial charge in [0.15, 0.2) is 0 Å². The Morgan fingerprint density at radius 2 is 1.62 bits per heavy atom. The lowest BCUT2D eigenvalue weighted by Crippen LogP contribution is -2.02. The van der Waals surface area contributed by atoms with Gasteiger partial charge in [-0.25, -0.2) is 0 Å². The number of aliphatic hydroxyl groups is 1. The molecular weight excluding hydrogens is 160 g/mol. The number of hydrogen-bond acceptors (Lipinski definition) is 1. The van der Waals surface area contributed by atoms with Crippen LogP contribution in [0.1, 0.15) is 59.3 Å². The minimum atomic E-state index is 0.364. The van der Waals surface area contributed by atoms with Gasteiger partial charge >= 0.3 is 0 Å². The van der Waals surface area contributed by atoms with Crippen LogP contribution in [0.25, 0.3) is 0 Å². The van der Waals surface area contributed by atoms with Crippen LogP contribution in [0.5, 0.6) is 0 Å². The summed E-state index contributed by atoms with van der Waals surface area (Å²) in [6.07, 6.45) is 7.59. The fourth-order valence-electron chi connectivity index (χ4n) is 1.72. The highest BCUT2D eigenvalue weighted by Crippen LogP contribution is 2.18. The lowest BCUT2D eigenvalue weighted by Gasteiger charge is -2.13. The van der Waals surface area contributed by atoms with Gasteiger partial charge in [0, 0.05) is 6.61 Å². The molecule has 0 unspecified atom stereocenters. The summed E-state index contributed by atoms with van der Waals surface area (Å²) in [5, 5.41) is 8.81. The molecule has 13 heavy (non-hydrogen) atoms. The van der Waals surface area contributed by atoms with Crippen molar-refractivity contribution in [3.63, 3.8) is 0 Å². The van der Waals surface area contributed by atoms with Gasteiger partial charge < -0.3 is 5.11 Å². The normalized spacial score (nSPS) is 13.6. The van der Waals surface area contributed by atoms with Crippen molar-refractivity contribution in [2.75, 3.05) is 6.61 Å². The van der Waals surface area contributed by atoms with Crippen LogP contribution in [-0.2, 0) is 0 Å². The maximum atomic E-state index is 8.81. The summed E-state index contributed by atoms with van der Waals surface area (Å²) < 4.78 is 0. The van der Waals surface area contributed by atoms with Crippen LogP contribution in [0.4, 0.5) is 0 Å². The molecule has 0 rings (SSSR count). The molecule has 0 saturated carbocycles. The predicted octanol–water partition coefficient (Wildman–Crippen LogP) is 3.61. The molecule has 1 nitrogen and oxygen atoms in total. The fourth-order valence-corrected chi connectivity index (χ4v) is 1.72. The van der Waals surface area contributed by atoms with Gasteiger partial charge in [0.05, 0.1) is 0 Å². The Morgan fingerprint density at radius 3 is 2.08 bits per heavy atom. The van der Waals surface area contributed by atoms with Gasteiger partial charge in [0.2, 0.25) is 0 Å². The summed E-state index contributed by atoms with van der Waals surface area (Å²) in [6.45, 7) is 7.15. The molecule has 0 radical (unpaired) electrons. The van der Waals surface area contributed by atoms with Crippen LogP contribution in [-0.4, -0.2) is 11.7 Å². The van der Waals surface area contributed by atoms with E-state index in [0.29, 0.717) is 6.61 Å². The Labute approximate surface area is 83.5 Å². The van der Waals surface area contributed by atoms with E-state index in [9.17, 15) is 0 Å². The molecule has 0 fully saturated rings. The molecule has 0 saturated heterocycles. The quantitative estimate of drug-likeness (QED) is 0.574. The Kier molecular flexibility index (Phi) is 8.53. The molecule has 0 aliphatic carbocycles. The van der Waals surface area contributed by atoms with Crippen molar-refractivity contribution in [3.05, 3.63) is 0 Å². The molecule has 80 valence electrons. The van der Waals surface area contributed by atoms with Crippen molar-refractivity contribution >= 4 is 0 Å². The number of aliphatic hydroxyl groups excluding tert-OH is 1. The van der Waals surface area contributed by atoms with Crippen molar-refractivity contribution in [1.82, 2.24) is 0 Å². The maximum Gasteiger partial charge on any atom is 0.0433 e. The van der Waals surface area contributed by atoms with Crippen LogP contribution < -0.4 is 0 Å². The molecule has 0 aliphatic rings. The monoisotopic (exact) mass is 186 g/mol. The van der Waals surface area contributed by atoms with E-state index in [4.69, 9.17) is 5.11 Å². The van der Waals surface area contributed by atoms with E-state index in [2.05, 4.69) is 20.8 Å². The second-order valence-electron chi connectivity index (χ2n) is 4.46. The number of rotatable bonds is 8. The van der Waals surface area contributed by atoms with Crippen molar-refractivity contribution < 1.29 is 5.11 Å². The minimum Gasteiger partial charge on any atom is -0.396 e. The highest BCUT2D eigenvalue weighted by Gasteiger charge is 2.04. The first-order valence-electron chi connectivity index (χ1n) is 5.81. The van der Waals surface area contributed by atoms with Crippen molar-refractivity contribution in [2.45, 2.75) is 59.3 Å². The summed E-state index contributed by atoms with van der Waals surface area (Å²) in [5.74, 6) is 1.61. The van der Waals surface area contributed by atoms with Gasteiger partial charge in [-0.05, 0) is 18.3 Å². The van der Waals surface area contributed by atoms with Gasteiger partial charge in [-0.1, -0.05) is 52.9 Å². The van der Waals surface area contributed by atoms with Crippen LogP contribution in [0.3, 0.4) is 0 Å². The van der Waals surface area contributed by atoms with Crippen molar-refractivity contribution in [2.24, 2.45) is 11.8 Å². The minimum absolute atomic E-state index is 0.364. The van der Waals surface area contributed by atoms with Crippen LogP contribution >= 0.6 is 0 Å². The molecular formula is C12H26O. The summed E-state index contributed by atoms with van der Waals surface area (Å²) in [5.41, 5.74) is 0. The molecule has 1 atom stereocenters. The molecule has 0 heterocycles. The molecule has 0 bridgehead atoms. The van der Waals surface area contributed by atoms with E-state index in [0.717, 1.165) is 18.3 Å². The summed E-state index contributed by atoms with van der Waals surface area (Å²) in [6, 6.07) is 0. The first kappa shape index (κ1) is 13.0. The molecule has 0 aromatic carbocycles. The second-order valence-corrected chi connectivity index (χ2v) is 4.46. The highest BCUT2D eigenvalue weighted by molar-refractivity contribution is 4.57. The fraction of sp³-hybridized carbons (Fsp3) is 1.00. The molecule has 0 aliphatic heterocycles. The van der Waals surface area contributed by atoms with Gasteiger partial charge in [0.25, 0.3) is 0 Å². The zero-order valence-corrected chi connectivity index (χ0v) is 9.55. The largest absolute Gasteiger partial charge is 0.396 e. The average Bonchev–Trinajstić information content (AvgIpc) is 2.10. The molecule has 0 aromatic heterocycles. The second kappa shape index (κ2) is 8.55. The summed E-state index contributed by atoms with van der Waals surface area (Å²) in [7, 11) is 0. The van der Waals surface area contributed by atoms with Gasteiger partial charge in [0.1, 0.15) is 0 Å². The zero-order valence-electron chi connectivity index (χ0n) is 9.55. The number of hydrogen-bond donors (Lipinski definition) is 1. The SMILES string of the molecule is CC[C@@H](CCO)CCCCC(C)C. The van der Waals surface area contributed by atoms with E-state index in [1.165, 1.54) is 32.1 Å². The standard InChI is InChI=1S/C12H26O/c1-4-12(9-10-13)8-6-5-7-11(2)3/h11-13H,4-10H2,1-3H3/t12-/m1/s1. The Hall–Kier alpha value is -0.0400. The Morgan fingerprint density at radius 1 is 1.00 bits per heavy atom. The molecule has 1 heteroatoms. The van der Waals surface area contributed by atoms with E-state index in [1.54, 1.807) is 0 Å². The molecule has 0 amide bonds. The van der Waals surface area contributed by atoms with Crippen LogP contribution in [0, 0.1) is 11.8 Å². The Balaban J connectivity index is 3.27. The van der Waals surface area contributed by atoms with Crippen molar-refractivity contribution in [1.29, 1.82) is 0 Å². The smallest absolute Gasteiger partial charge is 0.0433 e. The summed E-state index contributed by atoms with van der Waals surface area (Å²) in [4.78, 5) is 0. The average molecular weight is 186 g/mol. The Bertz CT molecular complexity index is 99.3. The first-order valence-corrected chi connectivity index (χ1v) is 5.81. The third kappa shape index (κ3) is 8.29. The van der Waals surface area contributed by atoms with E-state index in [-0.39, 0.29) is 0 Å². The maximum absolute atomic E-state index is 8.81. The third-order valence-electron chi connectivity index (χ3n) is 2.76. The zero-order chi connectivity index (χ0) is 10.1. The summed E-state index contributed by atoms with van der Waals surface area (Å²) >= 11 is 0.